The molecule has 3 rings (SSSR count). The summed E-state index contributed by atoms with van der Waals surface area (Å²) >= 11 is 3.46. The van der Waals surface area contributed by atoms with Gasteiger partial charge in [-0.15, -0.1) is 0 Å². The van der Waals surface area contributed by atoms with E-state index in [9.17, 15) is 4.79 Å². The molecular weight excluding hydrogens is 278 g/mol. The Kier molecular flexibility index (Phi) is 2.63. The molecule has 1 aromatic carbocycles. The van der Waals surface area contributed by atoms with Gasteiger partial charge >= 0.3 is 0 Å². The maximum absolute atomic E-state index is 12.4. The van der Waals surface area contributed by atoms with Crippen molar-refractivity contribution in [1.82, 2.24) is 5.32 Å². The molecule has 0 radical (unpaired) electrons. The Morgan fingerprint density at radius 1 is 1.24 bits per heavy atom. The third-order valence-electron chi connectivity index (χ3n) is 3.24. The predicted molar refractivity (Wildman–Crippen MR) is 71.0 cm³/mol. The van der Waals surface area contributed by atoms with Gasteiger partial charge in [-0.3, -0.25) is 4.79 Å². The molecule has 1 aliphatic heterocycles. The summed E-state index contributed by atoms with van der Waals surface area (Å²) in [5, 5.41) is 3.20. The molecule has 2 nitrogen and oxygen atoms in total. The first-order valence-electron chi connectivity index (χ1n) is 5.72. The fourth-order valence-electron chi connectivity index (χ4n) is 2.39. The van der Waals surface area contributed by atoms with Crippen LogP contribution in [0.4, 0.5) is 0 Å². The minimum atomic E-state index is 0.129. The van der Waals surface area contributed by atoms with Crippen LogP contribution in [0.25, 0.3) is 0 Å². The summed E-state index contributed by atoms with van der Waals surface area (Å²) in [6.07, 6.45) is 5.99. The molecule has 86 valence electrons. The van der Waals surface area contributed by atoms with E-state index in [4.69, 9.17) is 0 Å². The number of benzene rings is 1. The van der Waals surface area contributed by atoms with E-state index >= 15 is 0 Å². The minimum absolute atomic E-state index is 0.129. The van der Waals surface area contributed by atoms with E-state index in [0.29, 0.717) is 0 Å². The smallest absolute Gasteiger partial charge is 0.209 e. The van der Waals surface area contributed by atoms with Gasteiger partial charge in [0.15, 0.2) is 0 Å². The van der Waals surface area contributed by atoms with Gasteiger partial charge in [-0.2, -0.15) is 0 Å². The molecule has 17 heavy (non-hydrogen) atoms. The lowest BCUT2D eigenvalue weighted by Crippen LogP contribution is -2.24. The van der Waals surface area contributed by atoms with Crippen LogP contribution in [0.1, 0.15) is 22.3 Å². The van der Waals surface area contributed by atoms with Crippen LogP contribution in [0, 0.1) is 0 Å². The fraction of sp³-hybridized carbons (Fsp3) is 0.214. The number of rotatable bonds is 0. The third kappa shape index (κ3) is 1.84. The number of carbonyl (C=O) groups is 1. The number of hydrogen-bond donors (Lipinski definition) is 1. The van der Waals surface area contributed by atoms with Gasteiger partial charge in [-0.05, 0) is 42.2 Å². The van der Waals surface area contributed by atoms with Gasteiger partial charge < -0.3 is 5.32 Å². The molecule has 0 atom stereocenters. The maximum Gasteiger partial charge on any atom is 0.209 e. The zero-order valence-corrected chi connectivity index (χ0v) is 10.9. The summed E-state index contributed by atoms with van der Waals surface area (Å²) in [4.78, 5) is 12.4. The highest BCUT2D eigenvalue weighted by Crippen LogP contribution is 2.28. The first-order chi connectivity index (χ1) is 8.25. The van der Waals surface area contributed by atoms with Crippen LogP contribution in [-0.4, -0.2) is 12.3 Å². The molecule has 0 bridgehead atoms. The second-order valence-corrected chi connectivity index (χ2v) is 5.23. The van der Waals surface area contributed by atoms with Crippen LogP contribution < -0.4 is 5.32 Å². The molecule has 1 aromatic rings. The predicted octanol–water partition coefficient (Wildman–Crippen LogP) is 2.99. The van der Waals surface area contributed by atoms with Gasteiger partial charge in [0.25, 0.3) is 0 Å². The number of Topliss-reactive ketones (excluding diaryl/α,β-unsaturated/α-hetero) is 1. The van der Waals surface area contributed by atoms with Crippen molar-refractivity contribution in [2.24, 2.45) is 0 Å². The zero-order chi connectivity index (χ0) is 11.8. The Morgan fingerprint density at radius 3 is 3.00 bits per heavy atom. The Morgan fingerprint density at radius 2 is 2.12 bits per heavy atom. The number of aryl methyl sites for hydroxylation is 1. The first kappa shape index (κ1) is 10.8. The molecule has 1 aliphatic carbocycles. The molecule has 0 fully saturated rings. The van der Waals surface area contributed by atoms with Crippen LogP contribution in [0.15, 0.2) is 46.1 Å². The van der Waals surface area contributed by atoms with E-state index in [-0.39, 0.29) is 5.78 Å². The van der Waals surface area contributed by atoms with Crippen LogP contribution in [0.2, 0.25) is 0 Å². The van der Waals surface area contributed by atoms with Crippen molar-refractivity contribution in [2.75, 3.05) is 6.54 Å². The monoisotopic (exact) mass is 289 g/mol. The highest BCUT2D eigenvalue weighted by atomic mass is 79.9. The maximum atomic E-state index is 12.4. The quantitative estimate of drug-likeness (QED) is 0.796. The number of carbonyl (C=O) groups excluding carboxylic acids is 1. The lowest BCUT2D eigenvalue weighted by atomic mass is 10.0. The van der Waals surface area contributed by atoms with Gasteiger partial charge in [0.1, 0.15) is 0 Å². The van der Waals surface area contributed by atoms with Crippen molar-refractivity contribution in [2.45, 2.75) is 12.8 Å². The number of halogens is 1. The molecule has 3 heteroatoms. The second-order valence-electron chi connectivity index (χ2n) is 4.31. The van der Waals surface area contributed by atoms with Gasteiger partial charge in [-0.1, -0.05) is 28.1 Å². The Labute approximate surface area is 109 Å². The van der Waals surface area contributed by atoms with E-state index in [1.54, 1.807) is 0 Å². The van der Waals surface area contributed by atoms with Crippen molar-refractivity contribution in [3.05, 3.63) is 57.2 Å². The lowest BCUT2D eigenvalue weighted by molar-refractivity contribution is 0.102. The first-order valence-corrected chi connectivity index (χ1v) is 6.52. The van der Waals surface area contributed by atoms with Crippen LogP contribution in [-0.2, 0) is 6.42 Å². The molecule has 1 heterocycles. The number of ketones is 1. The molecule has 0 spiro atoms. The number of nitrogens with one attached hydrogen (secondary N) is 1. The number of fused-ring (bicyclic) bond motifs is 1. The third-order valence-corrected chi connectivity index (χ3v) is 3.73. The summed E-state index contributed by atoms with van der Waals surface area (Å²) in [6.45, 7) is 0.746. The van der Waals surface area contributed by atoms with Gasteiger partial charge in [0.05, 0.1) is 5.70 Å². The lowest BCUT2D eigenvalue weighted by Gasteiger charge is -2.14. The SMILES string of the molecule is O=C1C2=C(C=CCN2)CCc2cc(Br)ccc21. The number of dihydropyridines is 1. The van der Waals surface area contributed by atoms with E-state index in [1.165, 1.54) is 0 Å². The molecule has 0 aromatic heterocycles. The summed E-state index contributed by atoms with van der Waals surface area (Å²) in [5.74, 6) is 0.129. The summed E-state index contributed by atoms with van der Waals surface area (Å²) < 4.78 is 1.03. The minimum Gasteiger partial charge on any atom is -0.378 e. The van der Waals surface area contributed by atoms with Crippen LogP contribution in [0.5, 0.6) is 0 Å². The van der Waals surface area contributed by atoms with E-state index in [2.05, 4.69) is 39.5 Å². The molecule has 1 N–H and O–H groups in total. The van der Waals surface area contributed by atoms with Gasteiger partial charge in [0, 0.05) is 16.6 Å². The summed E-state index contributed by atoms with van der Waals surface area (Å²) in [6, 6.07) is 5.90. The highest BCUT2D eigenvalue weighted by molar-refractivity contribution is 9.10. The number of hydrogen-bond acceptors (Lipinski definition) is 2. The standard InChI is InChI=1S/C14H12BrNO/c15-11-5-6-12-10(8-11)4-3-9-2-1-7-16-13(9)14(12)17/h1-2,5-6,8,16H,3-4,7H2. The largest absolute Gasteiger partial charge is 0.378 e. The number of allylic oxidation sites excluding steroid dienone is 3. The fourth-order valence-corrected chi connectivity index (χ4v) is 2.80. The van der Waals surface area contributed by atoms with Crippen LogP contribution >= 0.6 is 15.9 Å². The summed E-state index contributed by atoms with van der Waals surface area (Å²) in [5.41, 5.74) is 3.89. The van der Waals surface area contributed by atoms with E-state index < -0.39 is 0 Å². The Hall–Kier alpha value is -1.35. The van der Waals surface area contributed by atoms with Crippen molar-refractivity contribution >= 4 is 21.7 Å². The molecular formula is C14H12BrNO. The zero-order valence-electron chi connectivity index (χ0n) is 9.29. The van der Waals surface area contributed by atoms with E-state index in [1.807, 2.05) is 12.1 Å². The van der Waals surface area contributed by atoms with E-state index in [0.717, 1.165) is 46.3 Å². The van der Waals surface area contributed by atoms with Gasteiger partial charge in [-0.25, -0.2) is 0 Å². The average molecular weight is 290 g/mol. The van der Waals surface area contributed by atoms with Crippen molar-refractivity contribution in [3.8, 4) is 0 Å². The Bertz CT molecular complexity index is 557. The molecule has 0 amide bonds. The normalized spacial score (nSPS) is 18.3. The topological polar surface area (TPSA) is 29.1 Å². The molecule has 0 saturated carbocycles. The highest BCUT2D eigenvalue weighted by Gasteiger charge is 2.23. The Balaban J connectivity index is 2.12. The van der Waals surface area contributed by atoms with Crippen molar-refractivity contribution in [1.29, 1.82) is 0 Å². The van der Waals surface area contributed by atoms with Gasteiger partial charge in [0.2, 0.25) is 5.78 Å². The average Bonchev–Trinajstić information content (AvgIpc) is 2.48. The van der Waals surface area contributed by atoms with Crippen molar-refractivity contribution < 1.29 is 4.79 Å². The molecule has 2 aliphatic rings. The molecule has 0 unspecified atom stereocenters. The second kappa shape index (κ2) is 4.15. The summed E-state index contributed by atoms with van der Waals surface area (Å²) in [7, 11) is 0. The van der Waals surface area contributed by atoms with Crippen molar-refractivity contribution in [3.63, 3.8) is 0 Å². The molecule has 0 saturated heterocycles. The van der Waals surface area contributed by atoms with Crippen LogP contribution in [0.3, 0.4) is 0 Å².